The number of fused-ring (bicyclic) bond motifs is 1. The predicted molar refractivity (Wildman–Crippen MR) is 133 cm³/mol. The highest BCUT2D eigenvalue weighted by Gasteiger charge is 2.27. The second-order valence-corrected chi connectivity index (χ2v) is 8.70. The van der Waals surface area contributed by atoms with Crippen LogP contribution in [0.25, 0.3) is 17.2 Å². The molecule has 0 spiro atoms. The summed E-state index contributed by atoms with van der Waals surface area (Å²) in [6.45, 7) is 1.69. The van der Waals surface area contributed by atoms with Gasteiger partial charge in [-0.25, -0.2) is 0 Å². The monoisotopic (exact) mass is 419 g/mol. The molecule has 2 heteroatoms. The van der Waals surface area contributed by atoms with Crippen LogP contribution < -0.4 is 0 Å². The maximum Gasteiger partial charge on any atom is 0.255 e. The highest BCUT2D eigenvalue weighted by atomic mass is 16.2. The lowest BCUT2D eigenvalue weighted by molar-refractivity contribution is -0.125. The minimum atomic E-state index is 0.162. The van der Waals surface area contributed by atoms with E-state index in [9.17, 15) is 4.79 Å². The number of hydrogen-bond donors (Lipinski definition) is 0. The molecule has 1 saturated heterocycles. The van der Waals surface area contributed by atoms with E-state index in [0.29, 0.717) is 0 Å². The topological polar surface area (TPSA) is 20.3 Å². The summed E-state index contributed by atoms with van der Waals surface area (Å²) in [4.78, 5) is 16.1. The van der Waals surface area contributed by atoms with Gasteiger partial charge in [0.1, 0.15) is 0 Å². The van der Waals surface area contributed by atoms with E-state index in [1.165, 1.54) is 23.1 Å². The molecule has 3 aromatic rings. The van der Waals surface area contributed by atoms with Gasteiger partial charge in [0, 0.05) is 13.1 Å². The number of benzene rings is 3. The Labute approximate surface area is 190 Å². The molecule has 5 rings (SSSR count). The van der Waals surface area contributed by atoms with Crippen molar-refractivity contribution >= 4 is 23.1 Å². The third-order valence-electron chi connectivity index (χ3n) is 6.60. The molecule has 0 atom stereocenters. The molecule has 32 heavy (non-hydrogen) atoms. The number of rotatable bonds is 4. The van der Waals surface area contributed by atoms with E-state index in [1.807, 2.05) is 24.3 Å². The number of allylic oxidation sites excluding steroid dienone is 2. The summed E-state index contributed by atoms with van der Waals surface area (Å²) in [6.07, 6.45) is 7.62. The standard InChI is InChI=1S/C30H29NO/c32-30(31-20-10-3-11-21-31)29(25-15-6-2-7-16-25)28(24-13-4-1-5-14-24)27-19-18-23-12-8-9-17-26(23)22-27/h1-2,4-9,12-17,22H,3,10-11,18-21H2/b29-28-. The van der Waals surface area contributed by atoms with Crippen molar-refractivity contribution in [3.63, 3.8) is 0 Å². The third kappa shape index (κ3) is 4.18. The van der Waals surface area contributed by atoms with Crippen molar-refractivity contribution in [3.05, 3.63) is 113 Å². The molecule has 1 amide bonds. The van der Waals surface area contributed by atoms with Crippen LogP contribution in [0.5, 0.6) is 0 Å². The minimum absolute atomic E-state index is 0.162. The molecule has 0 bridgehead atoms. The van der Waals surface area contributed by atoms with Gasteiger partial charge in [0.05, 0.1) is 5.57 Å². The highest BCUT2D eigenvalue weighted by Crippen LogP contribution is 2.39. The van der Waals surface area contributed by atoms with E-state index in [0.717, 1.165) is 61.0 Å². The molecule has 1 aliphatic carbocycles. The maximum absolute atomic E-state index is 14.0. The molecule has 0 N–H and O–H groups in total. The fourth-order valence-electron chi connectivity index (χ4n) is 4.96. The Morgan fingerprint density at radius 3 is 2.00 bits per heavy atom. The third-order valence-corrected chi connectivity index (χ3v) is 6.60. The first kappa shape index (κ1) is 20.5. The fourth-order valence-corrected chi connectivity index (χ4v) is 4.96. The largest absolute Gasteiger partial charge is 0.339 e. The maximum atomic E-state index is 14.0. The van der Waals surface area contributed by atoms with Gasteiger partial charge < -0.3 is 4.90 Å². The number of carbonyl (C=O) groups is 1. The van der Waals surface area contributed by atoms with Crippen molar-refractivity contribution in [3.8, 4) is 0 Å². The molecular formula is C30H29NO. The molecule has 2 aliphatic rings. The number of hydrogen-bond acceptors (Lipinski definition) is 1. The zero-order chi connectivity index (χ0) is 21.8. The molecule has 3 aromatic carbocycles. The van der Waals surface area contributed by atoms with Gasteiger partial charge in [-0.15, -0.1) is 0 Å². The van der Waals surface area contributed by atoms with Gasteiger partial charge >= 0.3 is 0 Å². The van der Waals surface area contributed by atoms with Gasteiger partial charge in [-0.1, -0.05) is 91.0 Å². The van der Waals surface area contributed by atoms with Crippen LogP contribution in [0.2, 0.25) is 0 Å². The molecule has 0 saturated carbocycles. The summed E-state index contributed by atoms with van der Waals surface area (Å²) in [6, 6.07) is 29.3. The molecular weight excluding hydrogens is 390 g/mol. The van der Waals surface area contributed by atoms with Gasteiger partial charge in [0.2, 0.25) is 0 Å². The SMILES string of the molecule is O=C(/C(=C(\C1=Cc2ccccc2CC1)c1ccccc1)c1ccccc1)N1CCCCC1. The molecule has 1 fully saturated rings. The molecule has 160 valence electrons. The van der Waals surface area contributed by atoms with Crippen molar-refractivity contribution in [1.82, 2.24) is 4.90 Å². The average Bonchev–Trinajstić information content (AvgIpc) is 2.88. The van der Waals surface area contributed by atoms with Crippen LogP contribution >= 0.6 is 0 Å². The van der Waals surface area contributed by atoms with Crippen LogP contribution in [-0.2, 0) is 11.2 Å². The van der Waals surface area contributed by atoms with Gasteiger partial charge in [0.15, 0.2) is 0 Å². The van der Waals surface area contributed by atoms with E-state index in [-0.39, 0.29) is 5.91 Å². The van der Waals surface area contributed by atoms with Crippen molar-refractivity contribution in [2.24, 2.45) is 0 Å². The summed E-state index contributed by atoms with van der Waals surface area (Å²) in [5.41, 5.74) is 7.93. The first-order valence-corrected chi connectivity index (χ1v) is 11.7. The Morgan fingerprint density at radius 2 is 1.28 bits per heavy atom. The molecule has 0 unspecified atom stereocenters. The number of carbonyl (C=O) groups excluding carboxylic acids is 1. The second-order valence-electron chi connectivity index (χ2n) is 8.70. The zero-order valence-electron chi connectivity index (χ0n) is 18.5. The fraction of sp³-hybridized carbons (Fsp3) is 0.233. The highest BCUT2D eigenvalue weighted by molar-refractivity contribution is 6.29. The molecule has 0 aromatic heterocycles. The van der Waals surface area contributed by atoms with E-state index < -0.39 is 0 Å². The summed E-state index contributed by atoms with van der Waals surface area (Å²) < 4.78 is 0. The molecule has 1 aliphatic heterocycles. The summed E-state index contributed by atoms with van der Waals surface area (Å²) in [5, 5.41) is 0. The van der Waals surface area contributed by atoms with Crippen LogP contribution in [0.1, 0.15) is 47.9 Å². The van der Waals surface area contributed by atoms with Crippen LogP contribution in [0.4, 0.5) is 0 Å². The molecule has 0 radical (unpaired) electrons. The lowest BCUT2D eigenvalue weighted by atomic mass is 9.82. The summed E-state index contributed by atoms with van der Waals surface area (Å²) >= 11 is 0. The smallest absolute Gasteiger partial charge is 0.255 e. The first-order chi connectivity index (χ1) is 15.8. The number of piperidine rings is 1. The van der Waals surface area contributed by atoms with Crippen LogP contribution in [-0.4, -0.2) is 23.9 Å². The first-order valence-electron chi connectivity index (χ1n) is 11.7. The lowest BCUT2D eigenvalue weighted by Gasteiger charge is -2.30. The van der Waals surface area contributed by atoms with Crippen molar-refractivity contribution in [1.29, 1.82) is 0 Å². The number of nitrogens with zero attached hydrogens (tertiary/aromatic N) is 1. The molecule has 2 nitrogen and oxygen atoms in total. The Bertz CT molecular complexity index is 1150. The minimum Gasteiger partial charge on any atom is -0.339 e. The second kappa shape index (κ2) is 9.40. The zero-order valence-corrected chi connectivity index (χ0v) is 18.5. The van der Waals surface area contributed by atoms with Crippen LogP contribution in [0, 0.1) is 0 Å². The van der Waals surface area contributed by atoms with Gasteiger partial charge in [-0.2, -0.15) is 0 Å². The Hall–Kier alpha value is -3.39. The number of aryl methyl sites for hydroxylation is 1. The van der Waals surface area contributed by atoms with E-state index in [2.05, 4.69) is 71.6 Å². The Balaban J connectivity index is 1.74. The van der Waals surface area contributed by atoms with Crippen LogP contribution in [0.3, 0.4) is 0 Å². The molecule has 1 heterocycles. The van der Waals surface area contributed by atoms with E-state index in [1.54, 1.807) is 0 Å². The van der Waals surface area contributed by atoms with E-state index in [4.69, 9.17) is 0 Å². The summed E-state index contributed by atoms with van der Waals surface area (Å²) in [5.74, 6) is 0.162. The summed E-state index contributed by atoms with van der Waals surface area (Å²) in [7, 11) is 0. The normalized spacial score (nSPS) is 16.6. The van der Waals surface area contributed by atoms with Gasteiger partial charge in [-0.3, -0.25) is 4.79 Å². The van der Waals surface area contributed by atoms with Crippen molar-refractivity contribution in [2.45, 2.75) is 32.1 Å². The number of amides is 1. The van der Waals surface area contributed by atoms with Crippen molar-refractivity contribution < 1.29 is 4.79 Å². The average molecular weight is 420 g/mol. The van der Waals surface area contributed by atoms with Gasteiger partial charge in [-0.05, 0) is 65.5 Å². The Morgan fingerprint density at radius 1 is 0.656 bits per heavy atom. The van der Waals surface area contributed by atoms with Crippen LogP contribution in [0.15, 0.2) is 90.5 Å². The quantitative estimate of drug-likeness (QED) is 0.343. The predicted octanol–water partition coefficient (Wildman–Crippen LogP) is 6.64. The van der Waals surface area contributed by atoms with Crippen molar-refractivity contribution in [2.75, 3.05) is 13.1 Å². The van der Waals surface area contributed by atoms with Gasteiger partial charge in [0.25, 0.3) is 5.91 Å². The lowest BCUT2D eigenvalue weighted by Crippen LogP contribution is -2.36. The van der Waals surface area contributed by atoms with E-state index >= 15 is 0 Å². The Kier molecular flexibility index (Phi) is 6.02. The number of likely N-dealkylation sites (tertiary alicyclic amines) is 1.